The van der Waals surface area contributed by atoms with Crippen molar-refractivity contribution in [1.29, 1.82) is 0 Å². The molecule has 1 aromatic rings. The number of hydrogen-bond donors (Lipinski definition) is 1. The smallest absolute Gasteiger partial charge is 0.122 e. The van der Waals surface area contributed by atoms with Crippen molar-refractivity contribution in [2.45, 2.75) is 46.0 Å². The number of ether oxygens (including phenoxy) is 1. The fraction of sp³-hybridized carbons (Fsp3) is 0.667. The van der Waals surface area contributed by atoms with Crippen LogP contribution in [0.1, 0.15) is 45.1 Å². The van der Waals surface area contributed by atoms with Crippen molar-refractivity contribution >= 4 is 11.6 Å². The van der Waals surface area contributed by atoms with E-state index >= 15 is 0 Å². The Hall–Kier alpha value is -0.730. The second-order valence-corrected chi connectivity index (χ2v) is 7.35. The zero-order valence-electron chi connectivity index (χ0n) is 13.5. The molecule has 1 aliphatic rings. The molecule has 0 spiro atoms. The lowest BCUT2D eigenvalue weighted by Crippen LogP contribution is -2.37. The molecule has 21 heavy (non-hydrogen) atoms. The van der Waals surface area contributed by atoms with Gasteiger partial charge in [-0.1, -0.05) is 25.4 Å². The van der Waals surface area contributed by atoms with Gasteiger partial charge in [0.25, 0.3) is 0 Å². The number of rotatable bonds is 5. The van der Waals surface area contributed by atoms with Gasteiger partial charge in [-0.2, -0.15) is 0 Å². The molecule has 1 aromatic carbocycles. The van der Waals surface area contributed by atoms with E-state index in [4.69, 9.17) is 22.1 Å². The molecule has 0 bridgehead atoms. The van der Waals surface area contributed by atoms with E-state index in [-0.39, 0.29) is 5.41 Å². The fourth-order valence-electron chi connectivity index (χ4n) is 3.66. The number of benzene rings is 1. The number of halogens is 1. The Kier molecular flexibility index (Phi) is 5.56. The predicted octanol–water partition coefficient (Wildman–Crippen LogP) is 4.68. The summed E-state index contributed by atoms with van der Waals surface area (Å²) < 4.78 is 5.49. The van der Waals surface area contributed by atoms with Crippen molar-refractivity contribution in [1.82, 2.24) is 0 Å². The molecule has 0 aliphatic heterocycles. The highest BCUT2D eigenvalue weighted by atomic mass is 35.5. The standard InChI is InChI=1S/C18H28ClNO/c1-13(2)14-6-8-18(12-20,9-7-14)11-15-10-16(19)4-5-17(15)21-3/h4-5,10,13-14H,6-9,11-12,20H2,1-3H3. The van der Waals surface area contributed by atoms with Crippen molar-refractivity contribution in [3.63, 3.8) is 0 Å². The van der Waals surface area contributed by atoms with Gasteiger partial charge in [0.2, 0.25) is 0 Å². The molecule has 0 amide bonds. The Balaban J connectivity index is 2.14. The van der Waals surface area contributed by atoms with Crippen LogP contribution in [0.15, 0.2) is 18.2 Å². The molecule has 2 nitrogen and oxygen atoms in total. The molecular weight excluding hydrogens is 282 g/mol. The Morgan fingerprint density at radius 2 is 2.00 bits per heavy atom. The largest absolute Gasteiger partial charge is 0.496 e. The summed E-state index contributed by atoms with van der Waals surface area (Å²) in [5, 5.41) is 0.772. The third-order valence-electron chi connectivity index (χ3n) is 5.27. The second kappa shape index (κ2) is 7.02. The fourth-order valence-corrected chi connectivity index (χ4v) is 3.86. The van der Waals surface area contributed by atoms with Crippen LogP contribution < -0.4 is 10.5 Å². The Morgan fingerprint density at radius 1 is 1.33 bits per heavy atom. The Bertz CT molecular complexity index is 464. The average Bonchev–Trinajstić information content (AvgIpc) is 2.48. The number of nitrogens with two attached hydrogens (primary N) is 1. The molecule has 0 atom stereocenters. The normalized spacial score (nSPS) is 26.1. The van der Waals surface area contributed by atoms with Crippen molar-refractivity contribution in [2.75, 3.05) is 13.7 Å². The van der Waals surface area contributed by atoms with E-state index in [9.17, 15) is 0 Å². The first-order valence-corrected chi connectivity index (χ1v) is 8.40. The van der Waals surface area contributed by atoms with Crippen LogP contribution in [0.4, 0.5) is 0 Å². The maximum Gasteiger partial charge on any atom is 0.122 e. The molecule has 0 saturated heterocycles. The van der Waals surface area contributed by atoms with Crippen molar-refractivity contribution in [2.24, 2.45) is 23.0 Å². The lowest BCUT2D eigenvalue weighted by atomic mass is 9.65. The summed E-state index contributed by atoms with van der Waals surface area (Å²) in [7, 11) is 1.72. The van der Waals surface area contributed by atoms with Crippen LogP contribution in [0, 0.1) is 17.3 Å². The first-order valence-electron chi connectivity index (χ1n) is 8.02. The lowest BCUT2D eigenvalue weighted by molar-refractivity contribution is 0.132. The predicted molar refractivity (Wildman–Crippen MR) is 90.0 cm³/mol. The van der Waals surface area contributed by atoms with E-state index in [2.05, 4.69) is 13.8 Å². The topological polar surface area (TPSA) is 35.2 Å². The van der Waals surface area contributed by atoms with Crippen LogP contribution in [-0.4, -0.2) is 13.7 Å². The van der Waals surface area contributed by atoms with Crippen LogP contribution in [0.25, 0.3) is 0 Å². The van der Waals surface area contributed by atoms with E-state index in [0.29, 0.717) is 0 Å². The highest BCUT2D eigenvalue weighted by Gasteiger charge is 2.35. The highest BCUT2D eigenvalue weighted by Crippen LogP contribution is 2.44. The minimum atomic E-state index is 0.212. The van der Waals surface area contributed by atoms with Gasteiger partial charge in [-0.3, -0.25) is 0 Å². The molecule has 0 radical (unpaired) electrons. The molecule has 2 N–H and O–H groups in total. The maximum absolute atomic E-state index is 6.16. The van der Waals surface area contributed by atoms with Crippen molar-refractivity contribution < 1.29 is 4.74 Å². The minimum Gasteiger partial charge on any atom is -0.496 e. The summed E-state index contributed by atoms with van der Waals surface area (Å²) in [4.78, 5) is 0. The van der Waals surface area contributed by atoms with Gasteiger partial charge in [0.1, 0.15) is 5.75 Å². The average molecular weight is 310 g/mol. The summed E-state index contributed by atoms with van der Waals surface area (Å²) in [6.07, 6.45) is 5.97. The monoisotopic (exact) mass is 309 g/mol. The number of hydrogen-bond acceptors (Lipinski definition) is 2. The first-order chi connectivity index (χ1) is 9.99. The molecule has 1 aliphatic carbocycles. The minimum absolute atomic E-state index is 0.212. The van der Waals surface area contributed by atoms with Crippen LogP contribution in [0.2, 0.25) is 5.02 Å². The molecule has 0 aromatic heterocycles. The SMILES string of the molecule is COc1ccc(Cl)cc1CC1(CN)CCC(C(C)C)CC1. The zero-order chi connectivity index (χ0) is 15.5. The zero-order valence-corrected chi connectivity index (χ0v) is 14.2. The Labute approximate surface area is 134 Å². The second-order valence-electron chi connectivity index (χ2n) is 6.92. The van der Waals surface area contributed by atoms with Crippen molar-refractivity contribution in [3.8, 4) is 5.75 Å². The van der Waals surface area contributed by atoms with E-state index in [0.717, 1.165) is 35.6 Å². The molecule has 0 heterocycles. The number of methoxy groups -OCH3 is 1. The molecular formula is C18H28ClNO. The van der Waals surface area contributed by atoms with Crippen molar-refractivity contribution in [3.05, 3.63) is 28.8 Å². The van der Waals surface area contributed by atoms with Gasteiger partial charge in [-0.25, -0.2) is 0 Å². The van der Waals surface area contributed by atoms with Gasteiger partial charge in [0, 0.05) is 5.02 Å². The van der Waals surface area contributed by atoms with Gasteiger partial charge in [0.05, 0.1) is 7.11 Å². The van der Waals surface area contributed by atoms with Gasteiger partial charge in [-0.15, -0.1) is 0 Å². The van der Waals surface area contributed by atoms with Gasteiger partial charge in [-0.05, 0) is 79.7 Å². The molecule has 0 unspecified atom stereocenters. The summed E-state index contributed by atoms with van der Waals surface area (Å²) in [6, 6.07) is 5.88. The summed E-state index contributed by atoms with van der Waals surface area (Å²) >= 11 is 6.16. The van der Waals surface area contributed by atoms with Crippen LogP contribution >= 0.6 is 11.6 Å². The van der Waals surface area contributed by atoms with E-state index in [1.165, 1.54) is 31.2 Å². The lowest BCUT2D eigenvalue weighted by Gasteiger charge is -2.41. The van der Waals surface area contributed by atoms with Crippen LogP contribution in [-0.2, 0) is 6.42 Å². The van der Waals surface area contributed by atoms with Gasteiger partial charge < -0.3 is 10.5 Å². The van der Waals surface area contributed by atoms with E-state index < -0.39 is 0 Å². The highest BCUT2D eigenvalue weighted by molar-refractivity contribution is 6.30. The molecule has 118 valence electrons. The molecule has 1 saturated carbocycles. The Morgan fingerprint density at radius 3 is 2.52 bits per heavy atom. The van der Waals surface area contributed by atoms with E-state index in [1.807, 2.05) is 18.2 Å². The third-order valence-corrected chi connectivity index (χ3v) is 5.51. The van der Waals surface area contributed by atoms with E-state index in [1.54, 1.807) is 7.11 Å². The molecule has 3 heteroatoms. The maximum atomic E-state index is 6.16. The molecule has 1 fully saturated rings. The quantitative estimate of drug-likeness (QED) is 0.857. The van der Waals surface area contributed by atoms with Crippen LogP contribution in [0.5, 0.6) is 5.75 Å². The summed E-state index contributed by atoms with van der Waals surface area (Å²) in [5.74, 6) is 2.56. The van der Waals surface area contributed by atoms with Gasteiger partial charge >= 0.3 is 0 Å². The third kappa shape index (κ3) is 3.92. The molecule has 2 rings (SSSR count). The summed E-state index contributed by atoms with van der Waals surface area (Å²) in [5.41, 5.74) is 7.57. The first kappa shape index (κ1) is 16.6. The van der Waals surface area contributed by atoms with Gasteiger partial charge in [0.15, 0.2) is 0 Å². The van der Waals surface area contributed by atoms with Crippen LogP contribution in [0.3, 0.4) is 0 Å². The summed E-state index contributed by atoms with van der Waals surface area (Å²) in [6.45, 7) is 5.41.